The van der Waals surface area contributed by atoms with E-state index in [-0.39, 0.29) is 29.4 Å². The molecule has 2 aliphatic rings. The number of hydrogen-bond acceptors (Lipinski definition) is 3. The number of nitrogens with zero attached hydrogens (tertiary/aromatic N) is 1. The quantitative estimate of drug-likeness (QED) is 0.413. The molecule has 4 nitrogen and oxygen atoms in total. The second-order valence-electron chi connectivity index (χ2n) is 5.82. The van der Waals surface area contributed by atoms with Gasteiger partial charge in [-0.25, -0.2) is 0 Å². The minimum atomic E-state index is 0. The second kappa shape index (κ2) is 9.35. The maximum atomic E-state index is 5.48. The summed E-state index contributed by atoms with van der Waals surface area (Å²) >= 11 is 2.08. The van der Waals surface area contributed by atoms with Gasteiger partial charge in [0.1, 0.15) is 0 Å². The lowest BCUT2D eigenvalue weighted by molar-refractivity contribution is 0.163. The highest BCUT2D eigenvalue weighted by molar-refractivity contribution is 14.0. The number of guanidine groups is 1. The lowest BCUT2D eigenvalue weighted by Crippen LogP contribution is -2.41. The van der Waals surface area contributed by atoms with Crippen LogP contribution in [0.15, 0.2) is 4.99 Å². The predicted molar refractivity (Wildman–Crippen MR) is 98.4 cm³/mol. The average Bonchev–Trinajstić information content (AvgIpc) is 3.05. The molecule has 2 atom stereocenters. The van der Waals surface area contributed by atoms with Crippen molar-refractivity contribution in [1.29, 1.82) is 0 Å². The van der Waals surface area contributed by atoms with Crippen molar-refractivity contribution in [2.45, 2.75) is 38.4 Å². The van der Waals surface area contributed by atoms with E-state index in [0.717, 1.165) is 50.5 Å². The maximum Gasteiger partial charge on any atom is 0.191 e. The summed E-state index contributed by atoms with van der Waals surface area (Å²) in [6.45, 7) is 8.89. The van der Waals surface area contributed by atoms with Crippen LogP contribution in [-0.4, -0.2) is 49.8 Å². The van der Waals surface area contributed by atoms with E-state index in [1.807, 2.05) is 0 Å². The summed E-state index contributed by atoms with van der Waals surface area (Å²) in [5.74, 6) is 2.28. The minimum Gasteiger partial charge on any atom is -0.381 e. The van der Waals surface area contributed by atoms with Crippen molar-refractivity contribution in [3.8, 4) is 0 Å². The molecule has 2 saturated heterocycles. The molecule has 2 unspecified atom stereocenters. The summed E-state index contributed by atoms with van der Waals surface area (Å²) < 4.78 is 5.48. The van der Waals surface area contributed by atoms with Crippen molar-refractivity contribution >= 4 is 41.7 Å². The lowest BCUT2D eigenvalue weighted by atomic mass is 9.90. The van der Waals surface area contributed by atoms with Crippen molar-refractivity contribution in [2.75, 3.05) is 38.6 Å². The second-order valence-corrected chi connectivity index (χ2v) is 7.23. The van der Waals surface area contributed by atoms with Gasteiger partial charge in [-0.2, -0.15) is 11.8 Å². The van der Waals surface area contributed by atoms with Gasteiger partial charge in [0.15, 0.2) is 5.96 Å². The first kappa shape index (κ1) is 18.4. The molecule has 0 radical (unpaired) electrons. The normalized spacial score (nSPS) is 30.1. The van der Waals surface area contributed by atoms with Crippen molar-refractivity contribution in [1.82, 2.24) is 10.6 Å². The number of rotatable bonds is 5. The van der Waals surface area contributed by atoms with Gasteiger partial charge in [-0.3, -0.25) is 4.99 Å². The van der Waals surface area contributed by atoms with Gasteiger partial charge in [0.05, 0.1) is 13.2 Å². The van der Waals surface area contributed by atoms with Crippen LogP contribution in [0.1, 0.15) is 33.1 Å². The Hall–Kier alpha value is 0.310. The molecule has 2 fully saturated rings. The summed E-state index contributed by atoms with van der Waals surface area (Å²) in [6.07, 6.45) is 3.82. The van der Waals surface area contributed by atoms with E-state index >= 15 is 0 Å². The van der Waals surface area contributed by atoms with Gasteiger partial charge >= 0.3 is 0 Å². The van der Waals surface area contributed by atoms with Crippen LogP contribution < -0.4 is 10.6 Å². The molecule has 20 heavy (non-hydrogen) atoms. The van der Waals surface area contributed by atoms with E-state index in [4.69, 9.17) is 9.73 Å². The molecule has 2 N–H and O–H groups in total. The highest BCUT2D eigenvalue weighted by Gasteiger charge is 2.29. The number of nitrogens with one attached hydrogen (secondary N) is 2. The number of halogens is 1. The van der Waals surface area contributed by atoms with Crippen LogP contribution in [0.25, 0.3) is 0 Å². The molecular weight excluding hydrogens is 385 g/mol. The van der Waals surface area contributed by atoms with Crippen LogP contribution in [0.4, 0.5) is 0 Å². The van der Waals surface area contributed by atoms with Crippen molar-refractivity contribution < 1.29 is 4.74 Å². The van der Waals surface area contributed by atoms with E-state index in [1.54, 1.807) is 0 Å². The largest absolute Gasteiger partial charge is 0.381 e. The van der Waals surface area contributed by atoms with Crippen LogP contribution in [0, 0.1) is 5.41 Å². The first-order valence-corrected chi connectivity index (χ1v) is 8.48. The van der Waals surface area contributed by atoms with Crippen LogP contribution in [0.5, 0.6) is 0 Å². The summed E-state index contributed by atoms with van der Waals surface area (Å²) in [7, 11) is 0. The number of aliphatic imine (C=N–C) groups is 1. The van der Waals surface area contributed by atoms with E-state index in [0.29, 0.717) is 0 Å². The number of thioether (sulfide) groups is 1. The fourth-order valence-electron chi connectivity index (χ4n) is 2.46. The topological polar surface area (TPSA) is 45.7 Å². The molecule has 2 heterocycles. The third-order valence-electron chi connectivity index (χ3n) is 3.78. The Labute approximate surface area is 144 Å². The Balaban J connectivity index is 0.00000200. The SMILES string of the molecule is CCNC(=NCC1(C)CCOC1)NCC1CCCS1.I. The first-order valence-electron chi connectivity index (χ1n) is 7.43. The lowest BCUT2D eigenvalue weighted by Gasteiger charge is -2.20. The van der Waals surface area contributed by atoms with Crippen LogP contribution in [0.2, 0.25) is 0 Å². The number of ether oxygens (including phenoxy) is 1. The third-order valence-corrected chi connectivity index (χ3v) is 5.18. The standard InChI is InChI=1S/C14H27N3OS.HI/c1-3-15-13(16-9-12-5-4-8-19-12)17-10-14(2)6-7-18-11-14;/h12H,3-11H2,1-2H3,(H2,15,16,17);1H. The molecule has 2 aliphatic heterocycles. The highest BCUT2D eigenvalue weighted by atomic mass is 127. The van der Waals surface area contributed by atoms with Crippen molar-refractivity contribution in [2.24, 2.45) is 10.4 Å². The van der Waals surface area contributed by atoms with Crippen molar-refractivity contribution in [3.63, 3.8) is 0 Å². The van der Waals surface area contributed by atoms with Gasteiger partial charge < -0.3 is 15.4 Å². The van der Waals surface area contributed by atoms with E-state index in [9.17, 15) is 0 Å². The van der Waals surface area contributed by atoms with Crippen LogP contribution in [0.3, 0.4) is 0 Å². The van der Waals surface area contributed by atoms with Gasteiger partial charge in [-0.1, -0.05) is 6.92 Å². The van der Waals surface area contributed by atoms with Gasteiger partial charge in [0, 0.05) is 30.4 Å². The minimum absolute atomic E-state index is 0. The van der Waals surface area contributed by atoms with Gasteiger partial charge in [-0.05, 0) is 31.9 Å². The van der Waals surface area contributed by atoms with E-state index < -0.39 is 0 Å². The summed E-state index contributed by atoms with van der Waals surface area (Å²) in [4.78, 5) is 4.73. The highest BCUT2D eigenvalue weighted by Crippen LogP contribution is 2.28. The maximum absolute atomic E-state index is 5.48. The molecule has 118 valence electrons. The zero-order valence-electron chi connectivity index (χ0n) is 12.6. The molecule has 0 aliphatic carbocycles. The zero-order valence-corrected chi connectivity index (χ0v) is 15.8. The Kier molecular flexibility index (Phi) is 8.59. The molecule has 0 aromatic rings. The third kappa shape index (κ3) is 5.97. The molecule has 6 heteroatoms. The van der Waals surface area contributed by atoms with Crippen LogP contribution in [-0.2, 0) is 4.74 Å². The van der Waals surface area contributed by atoms with Crippen molar-refractivity contribution in [3.05, 3.63) is 0 Å². The Morgan fingerprint density at radius 2 is 2.30 bits per heavy atom. The van der Waals surface area contributed by atoms with Gasteiger partial charge in [-0.15, -0.1) is 24.0 Å². The smallest absolute Gasteiger partial charge is 0.191 e. The summed E-state index contributed by atoms with van der Waals surface area (Å²) in [5.41, 5.74) is 0.227. The predicted octanol–water partition coefficient (Wildman–Crippen LogP) is 2.48. The first-order chi connectivity index (χ1) is 9.22. The van der Waals surface area contributed by atoms with Gasteiger partial charge in [0.2, 0.25) is 0 Å². The molecule has 0 aromatic carbocycles. The molecule has 0 bridgehead atoms. The molecule has 0 spiro atoms. The average molecular weight is 413 g/mol. The molecule has 0 amide bonds. The van der Waals surface area contributed by atoms with Gasteiger partial charge in [0.25, 0.3) is 0 Å². The molecule has 0 aromatic heterocycles. The van der Waals surface area contributed by atoms with Crippen LogP contribution >= 0.6 is 35.7 Å². The summed E-state index contributed by atoms with van der Waals surface area (Å²) in [5, 5.41) is 7.58. The zero-order chi connectivity index (χ0) is 13.6. The fraction of sp³-hybridized carbons (Fsp3) is 0.929. The molecule has 0 saturated carbocycles. The molecular formula is C14H28IN3OS. The monoisotopic (exact) mass is 413 g/mol. The Morgan fingerprint density at radius 3 is 2.90 bits per heavy atom. The number of hydrogen-bond donors (Lipinski definition) is 2. The Morgan fingerprint density at radius 1 is 1.45 bits per heavy atom. The summed E-state index contributed by atoms with van der Waals surface area (Å²) in [6, 6.07) is 0. The van der Waals surface area contributed by atoms with E-state index in [2.05, 4.69) is 36.2 Å². The Bertz CT molecular complexity index is 303. The molecule has 2 rings (SSSR count). The fourth-order valence-corrected chi connectivity index (χ4v) is 3.66. The van der Waals surface area contributed by atoms with E-state index in [1.165, 1.54) is 18.6 Å².